The number of nitrogens with zero attached hydrogens (tertiary/aromatic N) is 4. The number of esters is 1. The molecule has 0 radical (unpaired) electrons. The van der Waals surface area contributed by atoms with Crippen molar-refractivity contribution in [2.75, 3.05) is 32.3 Å². The normalized spacial score (nSPS) is 16.6. The van der Waals surface area contributed by atoms with Crippen LogP contribution in [0.5, 0.6) is 0 Å². The number of thiophene rings is 1. The van der Waals surface area contributed by atoms with Gasteiger partial charge < -0.3 is 19.5 Å². The van der Waals surface area contributed by atoms with E-state index >= 15 is 0 Å². The highest BCUT2D eigenvalue weighted by atomic mass is 32.2. The number of carbonyl (C=O) groups excluding carboxylic acids is 3. The standard InChI is InChI=1S/C24H27N5O4S2/c1-13-18(23(32)33-5)21(35-19(13)22(31)28(2)3)25-17(30)12-34-24-27-26-20(29(24)4)16-11-15(16)14-9-7-6-8-10-14/h6-10,15-16H,11-12H2,1-5H3,(H,25,30). The Morgan fingerprint density at radius 3 is 2.57 bits per heavy atom. The van der Waals surface area contributed by atoms with Crippen molar-refractivity contribution in [2.45, 2.75) is 30.3 Å². The number of ether oxygens (including phenoxy) is 1. The molecular weight excluding hydrogens is 486 g/mol. The van der Waals surface area contributed by atoms with Gasteiger partial charge in [-0.15, -0.1) is 21.5 Å². The van der Waals surface area contributed by atoms with Gasteiger partial charge in [0, 0.05) is 27.1 Å². The van der Waals surface area contributed by atoms with E-state index in [1.807, 2.05) is 29.8 Å². The minimum atomic E-state index is -0.602. The highest BCUT2D eigenvalue weighted by molar-refractivity contribution is 7.99. The second kappa shape index (κ2) is 10.2. The maximum atomic E-state index is 12.7. The molecule has 1 aliphatic carbocycles. The summed E-state index contributed by atoms with van der Waals surface area (Å²) in [6.45, 7) is 1.67. The molecule has 2 heterocycles. The smallest absolute Gasteiger partial charge is 0.341 e. The number of thioether (sulfide) groups is 1. The highest BCUT2D eigenvalue weighted by Crippen LogP contribution is 2.54. The quantitative estimate of drug-likeness (QED) is 0.362. The topological polar surface area (TPSA) is 106 Å². The molecule has 1 aromatic carbocycles. The van der Waals surface area contributed by atoms with Gasteiger partial charge in [0.05, 0.1) is 23.3 Å². The average Bonchev–Trinajstić information content (AvgIpc) is 3.46. The molecule has 2 atom stereocenters. The Morgan fingerprint density at radius 2 is 1.91 bits per heavy atom. The van der Waals surface area contributed by atoms with Gasteiger partial charge in [0.2, 0.25) is 5.91 Å². The lowest BCUT2D eigenvalue weighted by Crippen LogP contribution is -2.21. The minimum absolute atomic E-state index is 0.0767. The van der Waals surface area contributed by atoms with Crippen molar-refractivity contribution in [1.29, 1.82) is 0 Å². The monoisotopic (exact) mass is 513 g/mol. The molecule has 0 spiro atoms. The first-order valence-electron chi connectivity index (χ1n) is 11.0. The lowest BCUT2D eigenvalue weighted by atomic mass is 10.1. The molecule has 184 valence electrons. The number of carbonyl (C=O) groups is 3. The Kier molecular flexibility index (Phi) is 7.27. The summed E-state index contributed by atoms with van der Waals surface area (Å²) in [5.41, 5.74) is 1.98. The van der Waals surface area contributed by atoms with Crippen molar-refractivity contribution < 1.29 is 19.1 Å². The Balaban J connectivity index is 1.43. The zero-order chi connectivity index (χ0) is 25.3. The first kappa shape index (κ1) is 24.9. The van der Waals surface area contributed by atoms with Gasteiger partial charge in [-0.2, -0.15) is 0 Å². The highest BCUT2D eigenvalue weighted by Gasteiger charge is 2.43. The number of hydrogen-bond donors (Lipinski definition) is 1. The molecule has 0 aliphatic heterocycles. The van der Waals surface area contributed by atoms with Gasteiger partial charge in [0.15, 0.2) is 5.16 Å². The Labute approximate surface area is 211 Å². The third kappa shape index (κ3) is 5.10. The van der Waals surface area contributed by atoms with Crippen LogP contribution in [0.2, 0.25) is 0 Å². The van der Waals surface area contributed by atoms with Crippen LogP contribution < -0.4 is 5.32 Å². The van der Waals surface area contributed by atoms with Crippen LogP contribution in [-0.4, -0.2) is 64.4 Å². The SMILES string of the molecule is COC(=O)c1c(NC(=O)CSc2nnc(C3CC3c3ccccc3)n2C)sc(C(=O)N(C)C)c1C. The Hall–Kier alpha value is -3.18. The van der Waals surface area contributed by atoms with Crippen LogP contribution in [0.4, 0.5) is 5.00 Å². The van der Waals surface area contributed by atoms with Crippen LogP contribution in [0.15, 0.2) is 35.5 Å². The van der Waals surface area contributed by atoms with Gasteiger partial charge in [-0.25, -0.2) is 4.79 Å². The molecule has 9 nitrogen and oxygen atoms in total. The summed E-state index contributed by atoms with van der Waals surface area (Å²) >= 11 is 2.34. The first-order valence-corrected chi connectivity index (χ1v) is 12.8. The number of nitrogens with one attached hydrogen (secondary N) is 1. The van der Waals surface area contributed by atoms with Gasteiger partial charge in [-0.3, -0.25) is 9.59 Å². The van der Waals surface area contributed by atoms with E-state index in [0.717, 1.165) is 23.6 Å². The number of rotatable bonds is 8. The molecule has 1 fully saturated rings. The predicted molar refractivity (Wildman–Crippen MR) is 135 cm³/mol. The fraction of sp³-hybridized carbons (Fsp3) is 0.375. The summed E-state index contributed by atoms with van der Waals surface area (Å²) < 4.78 is 6.81. The summed E-state index contributed by atoms with van der Waals surface area (Å²) in [5, 5.41) is 12.4. The first-order chi connectivity index (χ1) is 16.7. The number of aromatic nitrogens is 3. The fourth-order valence-corrected chi connectivity index (χ4v) is 5.92. The predicted octanol–water partition coefficient (Wildman–Crippen LogP) is 3.68. The second-order valence-corrected chi connectivity index (χ2v) is 10.5. The summed E-state index contributed by atoms with van der Waals surface area (Å²) in [4.78, 5) is 39.4. The maximum absolute atomic E-state index is 12.7. The molecule has 2 amide bonds. The lowest BCUT2D eigenvalue weighted by Gasteiger charge is -2.08. The minimum Gasteiger partial charge on any atom is -0.465 e. The fourth-order valence-electron chi connectivity index (χ4n) is 3.97. The van der Waals surface area contributed by atoms with E-state index in [0.29, 0.717) is 32.4 Å². The van der Waals surface area contributed by atoms with Crippen molar-refractivity contribution >= 4 is 45.9 Å². The van der Waals surface area contributed by atoms with Gasteiger partial charge in [0.25, 0.3) is 5.91 Å². The van der Waals surface area contributed by atoms with E-state index in [9.17, 15) is 14.4 Å². The molecule has 1 saturated carbocycles. The summed E-state index contributed by atoms with van der Waals surface area (Å²) in [6, 6.07) is 10.4. The van der Waals surface area contributed by atoms with Gasteiger partial charge in [-0.1, -0.05) is 42.1 Å². The van der Waals surface area contributed by atoms with Gasteiger partial charge >= 0.3 is 5.97 Å². The number of anilines is 1. The van der Waals surface area contributed by atoms with Crippen molar-refractivity contribution in [3.63, 3.8) is 0 Å². The Morgan fingerprint density at radius 1 is 1.20 bits per heavy atom. The van der Waals surface area contributed by atoms with Crippen LogP contribution >= 0.6 is 23.1 Å². The molecule has 3 aromatic rings. The molecule has 4 rings (SSSR count). The molecular formula is C24H27N5O4S2. The Bertz CT molecular complexity index is 1270. The molecule has 11 heteroatoms. The van der Waals surface area contributed by atoms with Gasteiger partial charge in [-0.05, 0) is 30.4 Å². The summed E-state index contributed by atoms with van der Waals surface area (Å²) in [7, 11) is 6.44. The number of benzene rings is 1. The average molecular weight is 514 g/mol. The van der Waals surface area contributed by atoms with Crippen molar-refractivity contribution in [3.8, 4) is 0 Å². The van der Waals surface area contributed by atoms with Crippen LogP contribution in [-0.2, 0) is 16.6 Å². The van der Waals surface area contributed by atoms with E-state index in [4.69, 9.17) is 4.74 Å². The third-order valence-corrected chi connectivity index (χ3v) is 8.16. The third-order valence-electron chi connectivity index (χ3n) is 5.94. The van der Waals surface area contributed by atoms with E-state index in [2.05, 4.69) is 27.6 Å². The number of hydrogen-bond acceptors (Lipinski definition) is 8. The summed E-state index contributed by atoms with van der Waals surface area (Å²) in [6.07, 6.45) is 1.03. The van der Waals surface area contributed by atoms with E-state index < -0.39 is 5.97 Å². The van der Waals surface area contributed by atoms with E-state index in [1.54, 1.807) is 21.0 Å². The maximum Gasteiger partial charge on any atom is 0.341 e. The molecule has 1 aliphatic rings. The molecule has 2 aromatic heterocycles. The zero-order valence-electron chi connectivity index (χ0n) is 20.2. The largest absolute Gasteiger partial charge is 0.465 e. The molecule has 2 unspecified atom stereocenters. The van der Waals surface area contributed by atoms with Crippen molar-refractivity contribution in [3.05, 3.63) is 57.7 Å². The lowest BCUT2D eigenvalue weighted by molar-refractivity contribution is -0.113. The molecule has 0 bridgehead atoms. The van der Waals surface area contributed by atoms with Crippen LogP contribution in [0, 0.1) is 6.92 Å². The second-order valence-electron chi connectivity index (χ2n) is 8.55. The van der Waals surface area contributed by atoms with Gasteiger partial charge in [0.1, 0.15) is 10.8 Å². The van der Waals surface area contributed by atoms with Crippen molar-refractivity contribution in [1.82, 2.24) is 19.7 Å². The number of methoxy groups -OCH3 is 1. The zero-order valence-corrected chi connectivity index (χ0v) is 21.8. The molecule has 35 heavy (non-hydrogen) atoms. The van der Waals surface area contributed by atoms with E-state index in [1.165, 1.54) is 29.3 Å². The molecule has 0 saturated heterocycles. The van der Waals surface area contributed by atoms with E-state index in [-0.39, 0.29) is 23.1 Å². The van der Waals surface area contributed by atoms with Crippen LogP contribution in [0.25, 0.3) is 0 Å². The molecule has 1 N–H and O–H groups in total. The van der Waals surface area contributed by atoms with Crippen molar-refractivity contribution in [2.24, 2.45) is 7.05 Å². The number of amides is 2. The van der Waals surface area contributed by atoms with Crippen LogP contribution in [0.3, 0.4) is 0 Å². The summed E-state index contributed by atoms with van der Waals surface area (Å²) in [5.74, 6) is 0.593. The van der Waals surface area contributed by atoms with Crippen LogP contribution in [0.1, 0.15) is 55.2 Å².